The maximum Gasteiger partial charge on any atom is 0.336 e. The van der Waals surface area contributed by atoms with Crippen molar-refractivity contribution < 1.29 is 13.9 Å². The second kappa shape index (κ2) is 8.97. The van der Waals surface area contributed by atoms with Crippen molar-refractivity contribution in [1.82, 2.24) is 9.88 Å². The Morgan fingerprint density at radius 1 is 1.37 bits per heavy atom. The zero-order valence-electron chi connectivity index (χ0n) is 17.1. The van der Waals surface area contributed by atoms with Crippen LogP contribution in [-0.2, 0) is 11.3 Å². The van der Waals surface area contributed by atoms with E-state index in [-0.39, 0.29) is 12.5 Å². The number of rotatable bonds is 6. The van der Waals surface area contributed by atoms with Crippen molar-refractivity contribution in [2.75, 3.05) is 18.5 Å². The number of aryl methyl sites for hydroxylation is 1. The van der Waals surface area contributed by atoms with Gasteiger partial charge in [0.1, 0.15) is 11.3 Å². The molecular weight excluding hydrogens is 402 g/mol. The van der Waals surface area contributed by atoms with Gasteiger partial charge in [0.2, 0.25) is 0 Å². The first-order valence-corrected chi connectivity index (χ1v) is 11.0. The zero-order valence-corrected chi connectivity index (χ0v) is 18.0. The molecule has 1 aliphatic heterocycles. The maximum atomic E-state index is 12.3. The summed E-state index contributed by atoms with van der Waals surface area (Å²) in [5.41, 5.74) is 0.867. The molecule has 7 nitrogen and oxygen atoms in total. The van der Waals surface area contributed by atoms with Gasteiger partial charge in [-0.2, -0.15) is 0 Å². The van der Waals surface area contributed by atoms with Crippen molar-refractivity contribution in [2.24, 2.45) is 0 Å². The molecule has 1 aromatic carbocycles. The van der Waals surface area contributed by atoms with Gasteiger partial charge in [0, 0.05) is 41.2 Å². The highest BCUT2D eigenvalue weighted by Crippen LogP contribution is 2.25. The largest absolute Gasteiger partial charge is 0.484 e. The molecule has 1 amide bonds. The molecule has 0 aliphatic carbocycles. The summed E-state index contributed by atoms with van der Waals surface area (Å²) in [6.07, 6.45) is 5.60. The van der Waals surface area contributed by atoms with E-state index in [9.17, 15) is 9.59 Å². The molecule has 1 unspecified atom stereocenters. The molecule has 8 heteroatoms. The first-order valence-electron chi connectivity index (χ1n) is 10.1. The van der Waals surface area contributed by atoms with E-state index in [4.69, 9.17) is 9.15 Å². The number of carbonyl (C=O) groups excluding carboxylic acids is 1. The number of hydrogen-bond acceptors (Lipinski definition) is 7. The highest BCUT2D eigenvalue weighted by Gasteiger charge is 2.19. The number of thiazole rings is 1. The molecular formula is C22H25N3O4S. The number of anilines is 1. The van der Waals surface area contributed by atoms with Gasteiger partial charge in [0.15, 0.2) is 11.7 Å². The van der Waals surface area contributed by atoms with E-state index in [1.54, 1.807) is 12.1 Å². The standard InChI is InChI=1S/C22H25N3O4S/c1-14-9-21(27)29-19-10-16(6-7-18(14)19)28-13-20(26)24-22-23-11-17(30-22)12-25-8-4-3-5-15(25)2/h6-7,9-11,15H,3-5,8,12-13H2,1-2H3,(H,23,24,26). The van der Waals surface area contributed by atoms with E-state index in [1.807, 2.05) is 19.2 Å². The van der Waals surface area contributed by atoms with Gasteiger partial charge < -0.3 is 9.15 Å². The molecule has 0 saturated carbocycles. The number of fused-ring (bicyclic) bond motifs is 1. The van der Waals surface area contributed by atoms with Crippen LogP contribution in [0.25, 0.3) is 11.0 Å². The van der Waals surface area contributed by atoms with Gasteiger partial charge in [-0.05, 0) is 50.9 Å². The van der Waals surface area contributed by atoms with Gasteiger partial charge in [0.05, 0.1) is 0 Å². The Kier molecular flexibility index (Phi) is 6.15. The van der Waals surface area contributed by atoms with Gasteiger partial charge in [-0.3, -0.25) is 15.0 Å². The zero-order chi connectivity index (χ0) is 21.1. The van der Waals surface area contributed by atoms with Crippen LogP contribution in [-0.4, -0.2) is 35.0 Å². The molecule has 0 spiro atoms. The molecule has 158 valence electrons. The number of carbonyl (C=O) groups is 1. The molecule has 1 aliphatic rings. The quantitative estimate of drug-likeness (QED) is 0.600. The minimum atomic E-state index is -0.409. The molecule has 0 radical (unpaired) electrons. The van der Waals surface area contributed by atoms with E-state index in [2.05, 4.69) is 22.1 Å². The summed E-state index contributed by atoms with van der Waals surface area (Å²) in [5.74, 6) is 0.179. The second-order valence-corrected chi connectivity index (χ2v) is 8.81. The van der Waals surface area contributed by atoms with Gasteiger partial charge >= 0.3 is 5.63 Å². The average molecular weight is 428 g/mol. The van der Waals surface area contributed by atoms with Crippen molar-refractivity contribution >= 4 is 33.3 Å². The maximum absolute atomic E-state index is 12.3. The summed E-state index contributed by atoms with van der Waals surface area (Å²) < 4.78 is 10.8. The fraction of sp³-hybridized carbons (Fsp3) is 0.409. The van der Waals surface area contributed by atoms with Gasteiger partial charge in [0.25, 0.3) is 5.91 Å². The van der Waals surface area contributed by atoms with Crippen LogP contribution in [0.2, 0.25) is 0 Å². The number of nitrogens with one attached hydrogen (secondary N) is 1. The molecule has 1 saturated heterocycles. The first kappa shape index (κ1) is 20.6. The minimum absolute atomic E-state index is 0.153. The lowest BCUT2D eigenvalue weighted by Gasteiger charge is -2.32. The highest BCUT2D eigenvalue weighted by molar-refractivity contribution is 7.15. The van der Waals surface area contributed by atoms with Crippen molar-refractivity contribution in [2.45, 2.75) is 45.7 Å². The number of nitrogens with zero attached hydrogens (tertiary/aromatic N) is 2. The van der Waals surface area contributed by atoms with Gasteiger partial charge in [-0.15, -0.1) is 11.3 Å². The van der Waals surface area contributed by atoms with Crippen molar-refractivity contribution in [3.8, 4) is 5.75 Å². The fourth-order valence-corrected chi connectivity index (χ4v) is 4.58. The predicted octanol–water partition coefficient (Wildman–Crippen LogP) is 3.95. The number of amides is 1. The molecule has 0 bridgehead atoms. The van der Waals surface area contributed by atoms with E-state index in [0.717, 1.165) is 28.9 Å². The number of aromatic nitrogens is 1. The van der Waals surface area contributed by atoms with Crippen LogP contribution in [0, 0.1) is 6.92 Å². The van der Waals surface area contributed by atoms with Gasteiger partial charge in [-0.1, -0.05) is 6.42 Å². The summed E-state index contributed by atoms with van der Waals surface area (Å²) in [7, 11) is 0. The molecule has 30 heavy (non-hydrogen) atoms. The van der Waals surface area contributed by atoms with Crippen LogP contribution in [0.15, 0.2) is 39.7 Å². The van der Waals surface area contributed by atoms with Crippen LogP contribution in [0.1, 0.15) is 36.6 Å². The lowest BCUT2D eigenvalue weighted by Crippen LogP contribution is -2.36. The van der Waals surface area contributed by atoms with Crippen LogP contribution in [0.5, 0.6) is 5.75 Å². The fourth-order valence-electron chi connectivity index (χ4n) is 3.73. The summed E-state index contributed by atoms with van der Waals surface area (Å²) in [5, 5.41) is 4.20. The Bertz CT molecular complexity index is 1110. The molecule has 1 N–H and O–H groups in total. The normalized spacial score (nSPS) is 17.2. The average Bonchev–Trinajstić information content (AvgIpc) is 3.14. The van der Waals surface area contributed by atoms with E-state index < -0.39 is 5.63 Å². The number of piperidine rings is 1. The first-order chi connectivity index (χ1) is 14.5. The third-order valence-corrected chi connectivity index (χ3v) is 6.29. The van der Waals surface area contributed by atoms with Crippen LogP contribution >= 0.6 is 11.3 Å². The summed E-state index contributed by atoms with van der Waals surface area (Å²) >= 11 is 1.49. The van der Waals surface area contributed by atoms with Crippen LogP contribution in [0.3, 0.4) is 0 Å². The Balaban J connectivity index is 1.32. The highest BCUT2D eigenvalue weighted by atomic mass is 32.1. The van der Waals surface area contributed by atoms with E-state index >= 15 is 0 Å². The lowest BCUT2D eigenvalue weighted by atomic mass is 10.0. The third kappa shape index (κ3) is 4.88. The molecule has 1 atom stereocenters. The number of likely N-dealkylation sites (tertiary alicyclic amines) is 1. The van der Waals surface area contributed by atoms with Crippen LogP contribution in [0.4, 0.5) is 5.13 Å². The third-order valence-electron chi connectivity index (χ3n) is 5.39. The van der Waals surface area contributed by atoms with Crippen molar-refractivity contribution in [3.63, 3.8) is 0 Å². The van der Waals surface area contributed by atoms with Gasteiger partial charge in [-0.25, -0.2) is 9.78 Å². The van der Waals surface area contributed by atoms with Crippen molar-refractivity contribution in [1.29, 1.82) is 0 Å². The predicted molar refractivity (Wildman–Crippen MR) is 117 cm³/mol. The molecule has 2 aromatic heterocycles. The SMILES string of the molecule is Cc1cc(=O)oc2cc(OCC(=O)Nc3ncc(CN4CCCCC4C)s3)ccc12. The van der Waals surface area contributed by atoms with E-state index in [0.29, 0.717) is 22.5 Å². The smallest absolute Gasteiger partial charge is 0.336 e. The summed E-state index contributed by atoms with van der Waals surface area (Å²) in [4.78, 5) is 31.7. The Hall–Kier alpha value is -2.71. The Morgan fingerprint density at radius 3 is 3.07 bits per heavy atom. The molecule has 1 fully saturated rings. The molecule has 4 rings (SSSR count). The van der Waals surface area contributed by atoms with Crippen LogP contribution < -0.4 is 15.7 Å². The summed E-state index contributed by atoms with van der Waals surface area (Å²) in [6, 6.07) is 7.23. The monoisotopic (exact) mass is 427 g/mol. The topological polar surface area (TPSA) is 84.7 Å². The molecule has 3 heterocycles. The number of ether oxygens (including phenoxy) is 1. The minimum Gasteiger partial charge on any atom is -0.484 e. The number of hydrogen-bond donors (Lipinski definition) is 1. The lowest BCUT2D eigenvalue weighted by molar-refractivity contribution is -0.118. The number of benzene rings is 1. The Morgan fingerprint density at radius 2 is 2.23 bits per heavy atom. The summed E-state index contributed by atoms with van der Waals surface area (Å²) in [6.45, 7) is 5.94. The van der Waals surface area contributed by atoms with Crippen molar-refractivity contribution in [3.05, 3.63) is 51.3 Å². The Labute approximate surface area is 178 Å². The van der Waals surface area contributed by atoms with E-state index in [1.165, 1.54) is 36.7 Å². The second-order valence-electron chi connectivity index (χ2n) is 7.69. The molecule has 3 aromatic rings.